The SMILES string of the molecule is [2H]C([2H])([2H])Oc1nc(C(=O)NS(=O)(=O)CC2CC2)ncc1NCC#Cc1cc2c(N[C@@H]3CCN(C)C[C@@H]3F)cccn2c1CC(F)(F)F. The Labute approximate surface area is 262 Å². The van der Waals surface area contributed by atoms with Crippen LogP contribution in [0.3, 0.4) is 0 Å². The van der Waals surface area contributed by atoms with Crippen LogP contribution in [0.4, 0.5) is 28.9 Å². The van der Waals surface area contributed by atoms with Gasteiger partial charge >= 0.3 is 12.1 Å². The van der Waals surface area contributed by atoms with Crippen molar-refractivity contribution in [3.8, 4) is 17.7 Å². The molecule has 0 spiro atoms. The van der Waals surface area contributed by atoms with E-state index in [1.165, 1.54) is 16.7 Å². The van der Waals surface area contributed by atoms with E-state index in [0.717, 1.165) is 19.0 Å². The summed E-state index contributed by atoms with van der Waals surface area (Å²) in [5.74, 6) is 2.69. The Balaban J connectivity index is 1.37. The van der Waals surface area contributed by atoms with Crippen molar-refractivity contribution in [3.05, 3.63) is 47.7 Å². The van der Waals surface area contributed by atoms with Crippen LogP contribution in [0, 0.1) is 17.8 Å². The van der Waals surface area contributed by atoms with Crippen LogP contribution in [-0.4, -0.2) is 91.5 Å². The number of sulfonamides is 1. The van der Waals surface area contributed by atoms with Gasteiger partial charge < -0.3 is 24.7 Å². The fourth-order valence-corrected chi connectivity index (χ4v) is 6.46. The summed E-state index contributed by atoms with van der Waals surface area (Å²) in [4.78, 5) is 22.0. The van der Waals surface area contributed by atoms with Gasteiger partial charge in [-0.1, -0.05) is 11.8 Å². The Hall–Kier alpha value is -4.10. The molecule has 3 aromatic heterocycles. The number of hydrogen-bond acceptors (Lipinski definition) is 9. The third-order valence-electron chi connectivity index (χ3n) is 7.41. The summed E-state index contributed by atoms with van der Waals surface area (Å²) in [6, 6.07) is 4.19. The molecule has 2 atom stereocenters. The van der Waals surface area contributed by atoms with Gasteiger partial charge in [-0.2, -0.15) is 18.2 Å². The Morgan fingerprint density at radius 1 is 1.27 bits per heavy atom. The number of rotatable bonds is 10. The highest BCUT2D eigenvalue weighted by molar-refractivity contribution is 7.90. The van der Waals surface area contributed by atoms with Crippen molar-refractivity contribution in [1.29, 1.82) is 0 Å². The van der Waals surface area contributed by atoms with Gasteiger partial charge in [0, 0.05) is 30.5 Å². The molecule has 16 heteroatoms. The third kappa shape index (κ3) is 8.34. The number of carbonyl (C=O) groups excluding carboxylic acids is 1. The van der Waals surface area contributed by atoms with Gasteiger partial charge in [0.2, 0.25) is 21.7 Å². The highest BCUT2D eigenvalue weighted by Gasteiger charge is 2.32. The molecule has 3 aromatic rings. The quantitative estimate of drug-likeness (QED) is 0.223. The summed E-state index contributed by atoms with van der Waals surface area (Å²) in [6.07, 6.45) is -2.58. The second kappa shape index (κ2) is 13.1. The molecule has 11 nitrogen and oxygen atoms in total. The molecule has 1 saturated carbocycles. The maximum absolute atomic E-state index is 14.7. The predicted molar refractivity (Wildman–Crippen MR) is 160 cm³/mol. The molecule has 5 rings (SSSR count). The number of hydrogen-bond donors (Lipinski definition) is 3. The number of methoxy groups -OCH3 is 1. The molecular formula is C29H33F4N7O4S. The summed E-state index contributed by atoms with van der Waals surface area (Å²) in [7, 11) is -5.17. The van der Waals surface area contributed by atoms with Crippen molar-refractivity contribution in [2.45, 2.75) is 44.1 Å². The number of amides is 1. The Morgan fingerprint density at radius 2 is 2.07 bits per heavy atom. The molecule has 1 aliphatic heterocycles. The highest BCUT2D eigenvalue weighted by atomic mass is 32.2. The Bertz CT molecular complexity index is 1840. The summed E-state index contributed by atoms with van der Waals surface area (Å²) in [5, 5.41) is 5.87. The van der Waals surface area contributed by atoms with E-state index in [-0.39, 0.29) is 41.7 Å². The lowest BCUT2D eigenvalue weighted by molar-refractivity contribution is -0.128. The second-order valence-corrected chi connectivity index (χ2v) is 12.9. The number of likely N-dealkylation sites (tertiary alicyclic amines) is 1. The van der Waals surface area contributed by atoms with Gasteiger partial charge in [0.15, 0.2) is 0 Å². The molecule has 1 amide bonds. The van der Waals surface area contributed by atoms with E-state index in [0.29, 0.717) is 24.2 Å². The number of halogens is 4. The minimum atomic E-state index is -4.56. The molecule has 45 heavy (non-hydrogen) atoms. The average molecular weight is 655 g/mol. The van der Waals surface area contributed by atoms with Crippen LogP contribution < -0.4 is 20.1 Å². The zero-order valence-corrected chi connectivity index (χ0v) is 24.9. The fourth-order valence-electron chi connectivity index (χ4n) is 5.05. The molecule has 0 bridgehead atoms. The maximum atomic E-state index is 14.7. The standard InChI is InChI=1S/C29H33F4N7O4S/c1-39-12-9-21(20(30)16-39)36-22-6-4-11-40-24(22)13-19(25(40)14-29(31,32)33)5-3-10-34-23-15-35-26(37-28(23)44-2)27(41)38-45(42,43)17-18-7-8-18/h4,6,11,13,15,18,20-21,34,36H,7-10,12,14,16-17H2,1-2H3,(H,38,41)/t20-,21+/m0/s1/i2D3. The van der Waals surface area contributed by atoms with Gasteiger partial charge in [-0.3, -0.25) is 4.79 Å². The summed E-state index contributed by atoms with van der Waals surface area (Å²) in [5.41, 5.74) is 0.654. The Morgan fingerprint density at radius 3 is 2.78 bits per heavy atom. The van der Waals surface area contributed by atoms with Crippen LogP contribution in [0.5, 0.6) is 5.88 Å². The minimum absolute atomic E-state index is 0.0415. The number of nitrogens with zero attached hydrogens (tertiary/aromatic N) is 4. The van der Waals surface area contributed by atoms with Crippen molar-refractivity contribution in [1.82, 2.24) is 24.0 Å². The average Bonchev–Trinajstić information content (AvgIpc) is 3.70. The first-order chi connectivity index (χ1) is 22.5. The summed E-state index contributed by atoms with van der Waals surface area (Å²) < 4.78 is 110. The number of anilines is 2. The fraction of sp³-hybridized carbons (Fsp3) is 0.483. The highest BCUT2D eigenvalue weighted by Crippen LogP contribution is 2.31. The van der Waals surface area contributed by atoms with Crippen molar-refractivity contribution < 1.29 is 39.6 Å². The van der Waals surface area contributed by atoms with Crippen LogP contribution in [0.25, 0.3) is 5.52 Å². The smallest absolute Gasteiger partial charge is 0.394 e. The van der Waals surface area contributed by atoms with Crippen molar-refractivity contribution >= 4 is 32.8 Å². The van der Waals surface area contributed by atoms with Crippen LogP contribution in [0.1, 0.15) is 45.3 Å². The molecule has 0 aromatic carbocycles. The summed E-state index contributed by atoms with van der Waals surface area (Å²) in [6.45, 7) is 0.644. The van der Waals surface area contributed by atoms with Crippen LogP contribution in [-0.2, 0) is 16.4 Å². The first-order valence-corrected chi connectivity index (χ1v) is 15.7. The topological polar surface area (TPSA) is 130 Å². The molecule has 2 aliphatic rings. The van der Waals surface area contributed by atoms with E-state index in [4.69, 9.17) is 8.85 Å². The number of nitrogens with one attached hydrogen (secondary N) is 3. The molecule has 1 saturated heterocycles. The lowest BCUT2D eigenvalue weighted by atomic mass is 10.0. The van der Waals surface area contributed by atoms with Crippen LogP contribution in [0.2, 0.25) is 0 Å². The van der Waals surface area contributed by atoms with E-state index in [9.17, 15) is 30.8 Å². The molecule has 1 aliphatic carbocycles. The van der Waals surface area contributed by atoms with Crippen molar-refractivity contribution in [3.63, 3.8) is 0 Å². The molecular weight excluding hydrogens is 618 g/mol. The van der Waals surface area contributed by atoms with E-state index >= 15 is 0 Å². The molecule has 0 radical (unpaired) electrons. The number of fused-ring (bicyclic) bond motifs is 1. The zero-order valence-electron chi connectivity index (χ0n) is 27.1. The van der Waals surface area contributed by atoms with Gasteiger partial charge in [0.25, 0.3) is 0 Å². The Kier molecular flexibility index (Phi) is 8.26. The number of alkyl halides is 4. The van der Waals surface area contributed by atoms with E-state index < -0.39 is 59.5 Å². The van der Waals surface area contributed by atoms with Gasteiger partial charge in [-0.25, -0.2) is 22.5 Å². The number of pyridine rings is 1. The minimum Gasteiger partial charge on any atom is -0.479 e. The van der Waals surface area contributed by atoms with Crippen molar-refractivity contribution in [2.24, 2.45) is 5.92 Å². The molecule has 3 N–H and O–H groups in total. The van der Waals surface area contributed by atoms with Crippen molar-refractivity contribution in [2.75, 3.05) is 50.1 Å². The number of ether oxygens (including phenoxy) is 1. The lowest BCUT2D eigenvalue weighted by Gasteiger charge is -2.33. The maximum Gasteiger partial charge on any atom is 0.394 e. The first-order valence-electron chi connectivity index (χ1n) is 15.6. The monoisotopic (exact) mass is 654 g/mol. The molecule has 2 fully saturated rings. The first kappa shape index (κ1) is 28.4. The van der Waals surface area contributed by atoms with Gasteiger partial charge in [0.05, 0.1) is 53.3 Å². The van der Waals surface area contributed by atoms with E-state index in [2.05, 4.69) is 32.4 Å². The second-order valence-electron chi connectivity index (χ2n) is 11.1. The number of piperidine rings is 1. The number of carbonyl (C=O) groups is 1. The summed E-state index contributed by atoms with van der Waals surface area (Å²) >= 11 is 0. The number of aromatic nitrogens is 3. The lowest BCUT2D eigenvalue weighted by Crippen LogP contribution is -2.46. The zero-order chi connectivity index (χ0) is 34.9. The van der Waals surface area contributed by atoms with Gasteiger partial charge in [-0.15, -0.1) is 0 Å². The molecule has 4 heterocycles. The van der Waals surface area contributed by atoms with E-state index in [1.54, 1.807) is 12.1 Å². The van der Waals surface area contributed by atoms with Gasteiger partial charge in [0.1, 0.15) is 11.9 Å². The molecule has 0 unspecified atom stereocenters. The van der Waals surface area contributed by atoms with Gasteiger partial charge in [-0.05, 0) is 50.4 Å². The van der Waals surface area contributed by atoms with Crippen LogP contribution in [0.15, 0.2) is 30.6 Å². The van der Waals surface area contributed by atoms with Crippen LogP contribution >= 0.6 is 0 Å². The third-order valence-corrected chi connectivity index (χ3v) is 8.82. The molecule has 242 valence electrons. The predicted octanol–water partition coefficient (Wildman–Crippen LogP) is 3.23. The van der Waals surface area contributed by atoms with E-state index in [1.807, 2.05) is 16.7 Å². The normalized spacial score (nSPS) is 20.3. The largest absolute Gasteiger partial charge is 0.479 e.